The fourth-order valence-corrected chi connectivity index (χ4v) is 3.63. The monoisotopic (exact) mass is 386 g/mol. The zero-order valence-electron chi connectivity index (χ0n) is 14.2. The molecule has 3 aromatic rings. The lowest BCUT2D eigenvalue weighted by molar-refractivity contribution is 0.0998. The maximum absolute atomic E-state index is 12.5. The van der Waals surface area contributed by atoms with Crippen molar-refractivity contribution < 1.29 is 14.3 Å². The summed E-state index contributed by atoms with van der Waals surface area (Å²) in [6.07, 6.45) is 5.50. The Hall–Kier alpha value is -2.75. The molecule has 2 aromatic carbocycles. The number of fused-ring (bicyclic) bond motifs is 1. The molecule has 0 aliphatic carbocycles. The summed E-state index contributed by atoms with van der Waals surface area (Å²) in [6.45, 7) is 0.280. The Labute approximate surface area is 159 Å². The third-order valence-corrected chi connectivity index (χ3v) is 5.02. The van der Waals surface area contributed by atoms with Gasteiger partial charge in [-0.1, -0.05) is 28.9 Å². The Balaban J connectivity index is 2.18. The van der Waals surface area contributed by atoms with E-state index < -0.39 is 0 Å². The van der Waals surface area contributed by atoms with Crippen molar-refractivity contribution in [3.8, 4) is 23.8 Å². The number of rotatable bonds is 4. The van der Waals surface area contributed by atoms with E-state index in [1.54, 1.807) is 43.1 Å². The number of hydrogen-bond acceptors (Lipinski definition) is 4. The molecule has 0 aliphatic rings. The number of carbonyl (C=O) groups is 1. The molecule has 1 aromatic heterocycles. The molecule has 0 unspecified atom stereocenters. The van der Waals surface area contributed by atoms with Crippen LogP contribution in [0.15, 0.2) is 41.4 Å². The second-order valence-electron chi connectivity index (χ2n) is 5.27. The molecule has 5 nitrogen and oxygen atoms in total. The van der Waals surface area contributed by atoms with Crippen LogP contribution >= 0.6 is 22.9 Å². The number of terminal acetylenes is 1. The van der Waals surface area contributed by atoms with Crippen molar-refractivity contribution in [2.24, 2.45) is 4.99 Å². The van der Waals surface area contributed by atoms with E-state index in [9.17, 15) is 4.79 Å². The van der Waals surface area contributed by atoms with Crippen LogP contribution in [0, 0.1) is 12.3 Å². The number of thiazole rings is 1. The summed E-state index contributed by atoms with van der Waals surface area (Å²) in [7, 11) is 3.14. The molecule has 0 fully saturated rings. The lowest BCUT2D eigenvalue weighted by Gasteiger charge is -2.08. The number of halogens is 1. The largest absolute Gasteiger partial charge is 0.493 e. The van der Waals surface area contributed by atoms with Gasteiger partial charge in [0.25, 0.3) is 5.91 Å². The van der Waals surface area contributed by atoms with Crippen molar-refractivity contribution in [2.75, 3.05) is 14.2 Å². The van der Waals surface area contributed by atoms with Crippen molar-refractivity contribution >= 4 is 39.1 Å². The summed E-state index contributed by atoms with van der Waals surface area (Å²) >= 11 is 7.22. The van der Waals surface area contributed by atoms with Crippen molar-refractivity contribution in [2.45, 2.75) is 6.54 Å². The highest BCUT2D eigenvalue weighted by Crippen LogP contribution is 2.33. The minimum absolute atomic E-state index is 0.280. The molecule has 0 aliphatic heterocycles. The number of aromatic nitrogens is 1. The van der Waals surface area contributed by atoms with E-state index >= 15 is 0 Å². The van der Waals surface area contributed by atoms with Gasteiger partial charge in [-0.2, -0.15) is 4.99 Å². The van der Waals surface area contributed by atoms with E-state index in [4.69, 9.17) is 27.5 Å². The number of hydrogen-bond donors (Lipinski definition) is 0. The van der Waals surface area contributed by atoms with E-state index in [1.165, 1.54) is 11.3 Å². The highest BCUT2D eigenvalue weighted by Gasteiger charge is 2.13. The third-order valence-electron chi connectivity index (χ3n) is 3.73. The van der Waals surface area contributed by atoms with Gasteiger partial charge in [-0.3, -0.25) is 4.79 Å². The molecule has 1 heterocycles. The molecule has 0 N–H and O–H groups in total. The van der Waals surface area contributed by atoms with Gasteiger partial charge in [0.15, 0.2) is 16.3 Å². The average Bonchev–Trinajstić information content (AvgIpc) is 2.97. The zero-order valence-corrected chi connectivity index (χ0v) is 15.7. The third kappa shape index (κ3) is 3.45. The number of ether oxygens (including phenoxy) is 2. The molecular weight excluding hydrogens is 372 g/mol. The molecular formula is C19H15ClN2O3S. The Kier molecular flexibility index (Phi) is 5.31. The van der Waals surface area contributed by atoms with Gasteiger partial charge in [0.05, 0.1) is 31.0 Å². The smallest absolute Gasteiger partial charge is 0.279 e. The first-order valence-electron chi connectivity index (χ1n) is 7.61. The second-order valence-corrected chi connectivity index (χ2v) is 6.72. The predicted octanol–water partition coefficient (Wildman–Crippen LogP) is 3.75. The zero-order chi connectivity index (χ0) is 18.7. The molecule has 0 saturated carbocycles. The molecule has 0 atom stereocenters. The maximum atomic E-state index is 12.5. The van der Waals surface area contributed by atoms with Gasteiger partial charge in [0, 0.05) is 22.7 Å². The second kappa shape index (κ2) is 7.65. The van der Waals surface area contributed by atoms with Gasteiger partial charge in [0.1, 0.15) is 0 Å². The Morgan fingerprint density at radius 2 is 1.88 bits per heavy atom. The van der Waals surface area contributed by atoms with Crippen LogP contribution in [0.25, 0.3) is 10.2 Å². The summed E-state index contributed by atoms with van der Waals surface area (Å²) in [5.74, 6) is 3.42. The van der Waals surface area contributed by atoms with Gasteiger partial charge in [-0.25, -0.2) is 0 Å². The van der Waals surface area contributed by atoms with Crippen molar-refractivity contribution in [3.63, 3.8) is 0 Å². The van der Waals surface area contributed by atoms with Crippen molar-refractivity contribution in [1.82, 2.24) is 4.57 Å². The minimum atomic E-state index is -0.363. The van der Waals surface area contributed by atoms with Gasteiger partial charge in [-0.15, -0.1) is 6.42 Å². The average molecular weight is 387 g/mol. The Morgan fingerprint density at radius 3 is 2.50 bits per heavy atom. The van der Waals surface area contributed by atoms with Gasteiger partial charge in [0.2, 0.25) is 0 Å². The van der Waals surface area contributed by atoms with E-state index in [0.717, 1.165) is 10.2 Å². The maximum Gasteiger partial charge on any atom is 0.279 e. The summed E-state index contributed by atoms with van der Waals surface area (Å²) in [4.78, 5) is 17.2. The Morgan fingerprint density at radius 1 is 1.23 bits per heavy atom. The first-order valence-corrected chi connectivity index (χ1v) is 8.80. The van der Waals surface area contributed by atoms with Crippen LogP contribution in [0.4, 0.5) is 0 Å². The number of amides is 1. The quantitative estimate of drug-likeness (QED) is 0.642. The first-order chi connectivity index (χ1) is 12.6. The molecule has 1 amide bonds. The van der Waals surface area contributed by atoms with Gasteiger partial charge < -0.3 is 14.0 Å². The van der Waals surface area contributed by atoms with Gasteiger partial charge >= 0.3 is 0 Å². The molecule has 0 spiro atoms. The molecule has 7 heteroatoms. The fraction of sp³-hybridized carbons (Fsp3) is 0.158. The predicted molar refractivity (Wildman–Crippen MR) is 103 cm³/mol. The van der Waals surface area contributed by atoms with Crippen LogP contribution < -0.4 is 14.3 Å². The van der Waals surface area contributed by atoms with Crippen molar-refractivity contribution in [1.29, 1.82) is 0 Å². The minimum Gasteiger partial charge on any atom is -0.493 e. The van der Waals surface area contributed by atoms with Crippen molar-refractivity contribution in [3.05, 3.63) is 51.8 Å². The fourth-order valence-electron chi connectivity index (χ4n) is 2.47. The first kappa shape index (κ1) is 18.1. The summed E-state index contributed by atoms with van der Waals surface area (Å²) in [5, 5.41) is 0.560. The molecule has 0 bridgehead atoms. The van der Waals surface area contributed by atoms with Crippen LogP contribution in [0.3, 0.4) is 0 Å². The highest BCUT2D eigenvalue weighted by atomic mass is 35.5. The molecule has 132 valence electrons. The lowest BCUT2D eigenvalue weighted by Crippen LogP contribution is -2.16. The normalized spacial score (nSPS) is 11.4. The van der Waals surface area contributed by atoms with Crippen LogP contribution in [0.5, 0.6) is 11.5 Å². The Bertz CT molecular complexity index is 1080. The van der Waals surface area contributed by atoms with E-state index in [2.05, 4.69) is 10.9 Å². The summed E-state index contributed by atoms with van der Waals surface area (Å²) in [6, 6.07) is 10.3. The highest BCUT2D eigenvalue weighted by molar-refractivity contribution is 7.16. The van der Waals surface area contributed by atoms with Gasteiger partial charge in [-0.05, 0) is 24.3 Å². The molecule has 26 heavy (non-hydrogen) atoms. The SMILES string of the molecule is C#CCn1c(=NC(=O)c2ccc(Cl)cc2)sc2cc(OC)c(OC)cc21. The number of nitrogens with zero attached hydrogens (tertiary/aromatic N) is 2. The van der Waals surface area contributed by atoms with Crippen LogP contribution in [-0.2, 0) is 6.54 Å². The number of benzene rings is 2. The van der Waals surface area contributed by atoms with Crippen LogP contribution in [-0.4, -0.2) is 24.7 Å². The van der Waals surface area contributed by atoms with Crippen LogP contribution in [0.2, 0.25) is 5.02 Å². The molecule has 3 rings (SSSR count). The standard InChI is InChI=1S/C19H15ClN2O3S/c1-4-9-22-14-10-15(24-2)16(25-3)11-17(14)26-19(22)21-18(23)12-5-7-13(20)8-6-12/h1,5-8,10-11H,9H2,2-3H3. The van der Waals surface area contributed by atoms with E-state index in [0.29, 0.717) is 26.9 Å². The van der Waals surface area contributed by atoms with E-state index in [1.807, 2.05) is 12.1 Å². The van der Waals surface area contributed by atoms with E-state index in [-0.39, 0.29) is 12.5 Å². The lowest BCUT2D eigenvalue weighted by atomic mass is 10.2. The molecule has 0 radical (unpaired) electrons. The summed E-state index contributed by atoms with van der Waals surface area (Å²) in [5.41, 5.74) is 1.28. The molecule has 0 saturated heterocycles. The van der Waals surface area contributed by atoms with Crippen LogP contribution in [0.1, 0.15) is 10.4 Å². The topological polar surface area (TPSA) is 52.8 Å². The number of methoxy groups -OCH3 is 2. The summed E-state index contributed by atoms with van der Waals surface area (Å²) < 4.78 is 13.4. The number of carbonyl (C=O) groups excluding carboxylic acids is 1.